The lowest BCUT2D eigenvalue weighted by Gasteiger charge is -2.29. The van der Waals surface area contributed by atoms with Crippen LogP contribution in [-0.2, 0) is 9.53 Å². The van der Waals surface area contributed by atoms with E-state index in [1.54, 1.807) is 7.11 Å². The van der Waals surface area contributed by atoms with E-state index in [1.165, 1.54) is 12.8 Å². The Bertz CT molecular complexity index is 221. The van der Waals surface area contributed by atoms with E-state index in [4.69, 9.17) is 4.74 Å². The van der Waals surface area contributed by atoms with E-state index < -0.39 is 0 Å². The van der Waals surface area contributed by atoms with E-state index in [9.17, 15) is 4.79 Å². The lowest BCUT2D eigenvalue weighted by atomic mass is 9.90. The summed E-state index contributed by atoms with van der Waals surface area (Å²) in [4.78, 5) is 11.7. The second-order valence-electron chi connectivity index (χ2n) is 4.93. The summed E-state index contributed by atoms with van der Waals surface area (Å²) in [6.45, 7) is 4.82. The third kappa shape index (κ3) is 6.03. The first kappa shape index (κ1) is 14.5. The van der Waals surface area contributed by atoms with Gasteiger partial charge in [-0.25, -0.2) is 0 Å². The maximum absolute atomic E-state index is 11.7. The van der Waals surface area contributed by atoms with Crippen molar-refractivity contribution in [2.45, 2.75) is 45.1 Å². The Balaban J connectivity index is 2.07. The normalized spacial score (nSPS) is 24.6. The molecule has 0 spiro atoms. The number of carbonyl (C=O) groups is 1. The molecule has 2 unspecified atom stereocenters. The molecule has 1 aliphatic rings. The first-order valence-corrected chi connectivity index (χ1v) is 6.73. The molecule has 1 fully saturated rings. The summed E-state index contributed by atoms with van der Waals surface area (Å²) in [5.41, 5.74) is 0. The number of rotatable bonds is 7. The largest absolute Gasteiger partial charge is 0.385 e. The minimum Gasteiger partial charge on any atom is -0.385 e. The summed E-state index contributed by atoms with van der Waals surface area (Å²) < 4.78 is 4.96. The molecule has 1 saturated heterocycles. The van der Waals surface area contributed by atoms with Crippen LogP contribution in [0.5, 0.6) is 0 Å². The van der Waals surface area contributed by atoms with E-state index in [-0.39, 0.29) is 5.91 Å². The van der Waals surface area contributed by atoms with E-state index >= 15 is 0 Å². The number of ether oxygens (including phenoxy) is 1. The van der Waals surface area contributed by atoms with Crippen molar-refractivity contribution in [3.05, 3.63) is 0 Å². The summed E-state index contributed by atoms with van der Waals surface area (Å²) in [7, 11) is 1.70. The quantitative estimate of drug-likeness (QED) is 0.662. The molecule has 1 aliphatic heterocycles. The molecule has 1 rings (SSSR count). The Morgan fingerprint density at radius 1 is 1.47 bits per heavy atom. The predicted octanol–water partition coefficient (Wildman–Crippen LogP) is 1.31. The Hall–Kier alpha value is -0.610. The van der Waals surface area contributed by atoms with Gasteiger partial charge in [-0.15, -0.1) is 0 Å². The van der Waals surface area contributed by atoms with E-state index in [0.29, 0.717) is 18.4 Å². The number of methoxy groups -OCH3 is 1. The van der Waals surface area contributed by atoms with Crippen molar-refractivity contribution in [3.63, 3.8) is 0 Å². The van der Waals surface area contributed by atoms with Crippen LogP contribution in [0.3, 0.4) is 0 Å². The summed E-state index contributed by atoms with van der Waals surface area (Å²) >= 11 is 0. The molecule has 0 aromatic carbocycles. The third-order valence-electron chi connectivity index (χ3n) is 3.43. The fourth-order valence-electron chi connectivity index (χ4n) is 2.26. The van der Waals surface area contributed by atoms with Gasteiger partial charge in [0.2, 0.25) is 5.91 Å². The van der Waals surface area contributed by atoms with Gasteiger partial charge in [0.1, 0.15) is 0 Å². The van der Waals surface area contributed by atoms with Gasteiger partial charge in [0.05, 0.1) is 0 Å². The van der Waals surface area contributed by atoms with E-state index in [0.717, 1.165) is 32.5 Å². The van der Waals surface area contributed by atoms with Gasteiger partial charge in [0, 0.05) is 32.7 Å². The maximum Gasteiger partial charge on any atom is 0.221 e. The molecule has 1 heterocycles. The highest BCUT2D eigenvalue weighted by Gasteiger charge is 2.22. The van der Waals surface area contributed by atoms with Crippen molar-refractivity contribution in [1.29, 1.82) is 0 Å². The van der Waals surface area contributed by atoms with Crippen LogP contribution in [0.2, 0.25) is 0 Å². The Morgan fingerprint density at radius 3 is 3.00 bits per heavy atom. The molecular weight excluding hydrogens is 216 g/mol. The number of nitrogens with one attached hydrogen (secondary N) is 2. The molecule has 0 aromatic rings. The van der Waals surface area contributed by atoms with Crippen LogP contribution in [0.4, 0.5) is 0 Å². The molecule has 0 bridgehead atoms. The molecule has 17 heavy (non-hydrogen) atoms. The van der Waals surface area contributed by atoms with Gasteiger partial charge < -0.3 is 15.4 Å². The lowest BCUT2D eigenvalue weighted by molar-refractivity contribution is -0.122. The number of amides is 1. The molecule has 100 valence electrons. The van der Waals surface area contributed by atoms with Crippen molar-refractivity contribution in [3.8, 4) is 0 Å². The second kappa shape index (κ2) is 8.48. The molecule has 4 nitrogen and oxygen atoms in total. The number of hydrogen-bond donors (Lipinski definition) is 2. The lowest BCUT2D eigenvalue weighted by Crippen LogP contribution is -2.43. The highest BCUT2D eigenvalue weighted by atomic mass is 16.5. The van der Waals surface area contributed by atoms with Crippen LogP contribution in [0, 0.1) is 5.92 Å². The van der Waals surface area contributed by atoms with Gasteiger partial charge in [-0.3, -0.25) is 4.79 Å². The third-order valence-corrected chi connectivity index (χ3v) is 3.43. The van der Waals surface area contributed by atoms with Gasteiger partial charge >= 0.3 is 0 Å². The average molecular weight is 242 g/mol. The zero-order valence-electron chi connectivity index (χ0n) is 11.1. The van der Waals surface area contributed by atoms with Gasteiger partial charge in [0.25, 0.3) is 0 Å². The molecule has 1 amide bonds. The fourth-order valence-corrected chi connectivity index (χ4v) is 2.26. The molecular formula is C13H26N2O2. The Morgan fingerprint density at radius 2 is 2.29 bits per heavy atom. The minimum atomic E-state index is 0.175. The monoisotopic (exact) mass is 242 g/mol. The van der Waals surface area contributed by atoms with Crippen LogP contribution in [0.1, 0.15) is 39.0 Å². The molecule has 2 atom stereocenters. The Kier molecular flexibility index (Phi) is 7.21. The molecule has 0 aliphatic carbocycles. The van der Waals surface area contributed by atoms with Crippen LogP contribution in [0.15, 0.2) is 0 Å². The smallest absolute Gasteiger partial charge is 0.221 e. The summed E-state index contributed by atoms with van der Waals surface area (Å²) in [5.74, 6) is 0.789. The van der Waals surface area contributed by atoms with E-state index in [2.05, 4.69) is 17.6 Å². The Labute approximate surface area is 104 Å². The molecule has 2 N–H and O–H groups in total. The number of hydrogen-bond acceptors (Lipinski definition) is 3. The van der Waals surface area contributed by atoms with Crippen molar-refractivity contribution in [2.75, 3.05) is 26.8 Å². The van der Waals surface area contributed by atoms with Crippen LogP contribution in [-0.4, -0.2) is 38.8 Å². The molecule has 0 radical (unpaired) electrons. The van der Waals surface area contributed by atoms with Gasteiger partial charge in [-0.2, -0.15) is 0 Å². The highest BCUT2D eigenvalue weighted by molar-refractivity contribution is 5.76. The van der Waals surface area contributed by atoms with Gasteiger partial charge in [0.15, 0.2) is 0 Å². The highest BCUT2D eigenvalue weighted by Crippen LogP contribution is 2.17. The second-order valence-corrected chi connectivity index (χ2v) is 4.93. The van der Waals surface area contributed by atoms with Crippen molar-refractivity contribution < 1.29 is 9.53 Å². The standard InChI is InChI=1S/C13H26N2O2/c1-11-6-5-8-14-12(11)10-13(16)15-7-3-4-9-17-2/h11-12,14H,3-10H2,1-2H3,(H,15,16). The molecule has 0 aromatic heterocycles. The van der Waals surface area contributed by atoms with Gasteiger partial charge in [-0.05, 0) is 38.1 Å². The van der Waals surface area contributed by atoms with Gasteiger partial charge in [-0.1, -0.05) is 6.92 Å². The fraction of sp³-hybridized carbons (Fsp3) is 0.923. The summed E-state index contributed by atoms with van der Waals surface area (Å²) in [6, 6.07) is 0.364. The molecule has 4 heteroatoms. The first-order valence-electron chi connectivity index (χ1n) is 6.73. The zero-order valence-corrected chi connectivity index (χ0v) is 11.1. The van der Waals surface area contributed by atoms with Crippen LogP contribution >= 0.6 is 0 Å². The van der Waals surface area contributed by atoms with Crippen molar-refractivity contribution in [1.82, 2.24) is 10.6 Å². The van der Waals surface area contributed by atoms with Crippen molar-refractivity contribution >= 4 is 5.91 Å². The first-order chi connectivity index (χ1) is 8.24. The SMILES string of the molecule is COCCCCNC(=O)CC1NCCCC1C. The average Bonchev–Trinajstić information content (AvgIpc) is 2.32. The topological polar surface area (TPSA) is 50.4 Å². The van der Waals surface area contributed by atoms with Crippen LogP contribution < -0.4 is 10.6 Å². The predicted molar refractivity (Wildman–Crippen MR) is 68.9 cm³/mol. The van der Waals surface area contributed by atoms with Crippen LogP contribution in [0.25, 0.3) is 0 Å². The zero-order chi connectivity index (χ0) is 12.5. The van der Waals surface area contributed by atoms with E-state index in [1.807, 2.05) is 0 Å². The summed E-state index contributed by atoms with van der Waals surface area (Å²) in [5, 5.41) is 6.40. The summed E-state index contributed by atoms with van der Waals surface area (Å²) in [6.07, 6.45) is 5.09. The minimum absolute atomic E-state index is 0.175. The molecule has 0 saturated carbocycles. The number of carbonyl (C=O) groups excluding carboxylic acids is 1. The number of piperidine rings is 1. The number of unbranched alkanes of at least 4 members (excludes halogenated alkanes) is 1. The maximum atomic E-state index is 11.7. The van der Waals surface area contributed by atoms with Crippen molar-refractivity contribution in [2.24, 2.45) is 5.92 Å².